The first-order valence-corrected chi connectivity index (χ1v) is 6.60. The van der Waals surface area contributed by atoms with Gasteiger partial charge in [-0.1, -0.05) is 26.0 Å². The number of rotatable bonds is 0. The van der Waals surface area contributed by atoms with Gasteiger partial charge in [0.05, 0.1) is 22.5 Å². The molecule has 1 aliphatic rings. The lowest BCUT2D eigenvalue weighted by molar-refractivity contribution is 0.0912. The van der Waals surface area contributed by atoms with Crippen molar-refractivity contribution < 1.29 is 4.79 Å². The Morgan fingerprint density at radius 1 is 1.26 bits per heavy atom. The van der Waals surface area contributed by atoms with Crippen molar-refractivity contribution in [1.82, 2.24) is 4.98 Å². The highest BCUT2D eigenvalue weighted by Gasteiger charge is 2.34. The Hall–Kier alpha value is -1.90. The van der Waals surface area contributed by atoms with Crippen LogP contribution in [0.4, 0.5) is 5.69 Å². The highest BCUT2D eigenvalue weighted by molar-refractivity contribution is 6.10. The third-order valence-corrected chi connectivity index (χ3v) is 3.90. The standard InChI is InChI=1S/C16H18N2O/c1-9-5-4-6-10-13(9)15(17)14-11(18-10)7-16(2,3)8-12(14)19/h4-6H,7-8H2,1-3H3,(H2,17,18). The molecule has 2 N–H and O–H groups in total. The number of hydrogen-bond acceptors (Lipinski definition) is 3. The summed E-state index contributed by atoms with van der Waals surface area (Å²) >= 11 is 0. The van der Waals surface area contributed by atoms with E-state index in [1.807, 2.05) is 25.1 Å². The molecular formula is C16H18N2O. The van der Waals surface area contributed by atoms with Crippen LogP contribution < -0.4 is 5.73 Å². The highest BCUT2D eigenvalue weighted by atomic mass is 16.1. The maximum absolute atomic E-state index is 12.4. The second-order valence-electron chi connectivity index (χ2n) is 6.26. The Bertz CT molecular complexity index is 701. The number of nitrogens with two attached hydrogens (primary N) is 1. The number of fused-ring (bicyclic) bond motifs is 2. The summed E-state index contributed by atoms with van der Waals surface area (Å²) < 4.78 is 0. The maximum Gasteiger partial charge on any atom is 0.167 e. The van der Waals surface area contributed by atoms with Gasteiger partial charge >= 0.3 is 0 Å². The molecule has 0 spiro atoms. The predicted molar refractivity (Wildman–Crippen MR) is 77.3 cm³/mol. The number of nitrogen functional groups attached to an aromatic ring is 1. The van der Waals surface area contributed by atoms with Crippen molar-refractivity contribution in [1.29, 1.82) is 0 Å². The number of benzene rings is 1. The van der Waals surface area contributed by atoms with Crippen LogP contribution in [-0.2, 0) is 6.42 Å². The fraction of sp³-hybridized carbons (Fsp3) is 0.375. The van der Waals surface area contributed by atoms with E-state index in [0.717, 1.165) is 28.6 Å². The Kier molecular flexibility index (Phi) is 2.43. The maximum atomic E-state index is 12.4. The number of aryl methyl sites for hydroxylation is 1. The third-order valence-electron chi connectivity index (χ3n) is 3.90. The number of hydrogen-bond donors (Lipinski definition) is 1. The molecule has 0 unspecified atom stereocenters. The van der Waals surface area contributed by atoms with Crippen LogP contribution in [0.2, 0.25) is 0 Å². The molecule has 3 nitrogen and oxygen atoms in total. The fourth-order valence-corrected chi connectivity index (χ4v) is 3.06. The highest BCUT2D eigenvalue weighted by Crippen LogP contribution is 2.39. The van der Waals surface area contributed by atoms with Gasteiger partial charge in [0.1, 0.15) is 0 Å². The third kappa shape index (κ3) is 1.81. The summed E-state index contributed by atoms with van der Waals surface area (Å²) in [6.45, 7) is 6.21. The zero-order valence-electron chi connectivity index (χ0n) is 11.6. The number of carbonyl (C=O) groups is 1. The van der Waals surface area contributed by atoms with E-state index in [4.69, 9.17) is 5.73 Å². The van der Waals surface area contributed by atoms with Crippen molar-refractivity contribution in [2.24, 2.45) is 5.41 Å². The molecule has 0 saturated carbocycles. The van der Waals surface area contributed by atoms with Crippen LogP contribution in [0, 0.1) is 12.3 Å². The average Bonchev–Trinajstić information content (AvgIpc) is 2.25. The van der Waals surface area contributed by atoms with E-state index >= 15 is 0 Å². The number of anilines is 1. The molecule has 98 valence electrons. The quantitative estimate of drug-likeness (QED) is 0.785. The van der Waals surface area contributed by atoms with Gasteiger partial charge in [-0.25, -0.2) is 0 Å². The molecule has 0 amide bonds. The number of Topliss-reactive ketones (excluding diaryl/α,β-unsaturated/α-hetero) is 1. The molecule has 1 aliphatic carbocycles. The molecule has 3 heteroatoms. The number of pyridine rings is 1. The first-order valence-electron chi connectivity index (χ1n) is 6.60. The van der Waals surface area contributed by atoms with Gasteiger partial charge in [0, 0.05) is 11.8 Å². The Labute approximate surface area is 112 Å². The molecule has 0 radical (unpaired) electrons. The van der Waals surface area contributed by atoms with Gasteiger partial charge in [0.15, 0.2) is 5.78 Å². The second kappa shape index (κ2) is 3.80. The van der Waals surface area contributed by atoms with Crippen LogP contribution in [0.15, 0.2) is 18.2 Å². The topological polar surface area (TPSA) is 56.0 Å². The van der Waals surface area contributed by atoms with E-state index in [2.05, 4.69) is 18.8 Å². The number of nitrogens with zero attached hydrogens (tertiary/aromatic N) is 1. The number of carbonyl (C=O) groups excluding carboxylic acids is 1. The van der Waals surface area contributed by atoms with Gasteiger partial charge < -0.3 is 5.73 Å². The monoisotopic (exact) mass is 254 g/mol. The molecule has 0 saturated heterocycles. The van der Waals surface area contributed by atoms with Crippen molar-refractivity contribution in [3.8, 4) is 0 Å². The molecule has 3 rings (SSSR count). The van der Waals surface area contributed by atoms with Crippen LogP contribution >= 0.6 is 0 Å². The first-order chi connectivity index (χ1) is 8.89. The summed E-state index contributed by atoms with van der Waals surface area (Å²) in [6.07, 6.45) is 1.35. The van der Waals surface area contributed by atoms with Crippen molar-refractivity contribution in [3.05, 3.63) is 35.0 Å². The van der Waals surface area contributed by atoms with Gasteiger partial charge in [0.2, 0.25) is 0 Å². The summed E-state index contributed by atoms with van der Waals surface area (Å²) in [5.74, 6) is 0.126. The second-order valence-corrected chi connectivity index (χ2v) is 6.26. The Balaban J connectivity index is 2.37. The Morgan fingerprint density at radius 3 is 2.74 bits per heavy atom. The average molecular weight is 254 g/mol. The van der Waals surface area contributed by atoms with Crippen LogP contribution in [0.5, 0.6) is 0 Å². The number of aromatic nitrogens is 1. The Morgan fingerprint density at radius 2 is 2.00 bits per heavy atom. The van der Waals surface area contributed by atoms with Crippen molar-refractivity contribution in [2.75, 3.05) is 5.73 Å². The first kappa shape index (κ1) is 12.2. The van der Waals surface area contributed by atoms with E-state index in [1.54, 1.807) is 0 Å². The molecule has 0 fully saturated rings. The molecule has 19 heavy (non-hydrogen) atoms. The van der Waals surface area contributed by atoms with Gasteiger partial charge in [0.25, 0.3) is 0 Å². The summed E-state index contributed by atoms with van der Waals surface area (Å²) in [4.78, 5) is 17.0. The van der Waals surface area contributed by atoms with E-state index in [0.29, 0.717) is 17.7 Å². The lowest BCUT2D eigenvalue weighted by Gasteiger charge is -2.30. The molecule has 1 aromatic heterocycles. The minimum Gasteiger partial charge on any atom is -0.398 e. The zero-order valence-corrected chi connectivity index (χ0v) is 11.6. The van der Waals surface area contributed by atoms with Gasteiger partial charge in [-0.15, -0.1) is 0 Å². The van der Waals surface area contributed by atoms with E-state index in [1.165, 1.54) is 0 Å². The minimum atomic E-state index is -0.0268. The molecule has 0 atom stereocenters. The van der Waals surface area contributed by atoms with Crippen LogP contribution in [0.1, 0.15) is 41.9 Å². The van der Waals surface area contributed by atoms with Gasteiger partial charge in [-0.3, -0.25) is 9.78 Å². The van der Waals surface area contributed by atoms with Gasteiger partial charge in [-0.2, -0.15) is 0 Å². The summed E-state index contributed by atoms with van der Waals surface area (Å²) in [5, 5.41) is 0.925. The van der Waals surface area contributed by atoms with Gasteiger partial charge in [-0.05, 0) is 30.4 Å². The minimum absolute atomic E-state index is 0.0268. The molecule has 0 aliphatic heterocycles. The van der Waals surface area contributed by atoms with Crippen LogP contribution in [-0.4, -0.2) is 10.8 Å². The summed E-state index contributed by atoms with van der Waals surface area (Å²) in [5.41, 5.74) is 10.3. The normalized spacial score (nSPS) is 17.5. The van der Waals surface area contributed by atoms with E-state index in [9.17, 15) is 4.79 Å². The molecule has 1 heterocycles. The largest absolute Gasteiger partial charge is 0.398 e. The molecule has 0 bridgehead atoms. The van der Waals surface area contributed by atoms with Crippen molar-refractivity contribution in [3.63, 3.8) is 0 Å². The molecule has 1 aromatic carbocycles. The zero-order chi connectivity index (χ0) is 13.8. The van der Waals surface area contributed by atoms with Crippen molar-refractivity contribution >= 4 is 22.4 Å². The van der Waals surface area contributed by atoms with E-state index in [-0.39, 0.29) is 11.2 Å². The van der Waals surface area contributed by atoms with E-state index < -0.39 is 0 Å². The summed E-state index contributed by atoms with van der Waals surface area (Å²) in [7, 11) is 0. The SMILES string of the molecule is Cc1cccc2nc3c(c(N)c12)C(=O)CC(C)(C)C3. The lowest BCUT2D eigenvalue weighted by Crippen LogP contribution is -2.29. The molecule has 2 aromatic rings. The fourth-order valence-electron chi connectivity index (χ4n) is 3.06. The molecular weight excluding hydrogens is 236 g/mol. The van der Waals surface area contributed by atoms with Crippen LogP contribution in [0.3, 0.4) is 0 Å². The smallest absolute Gasteiger partial charge is 0.167 e. The predicted octanol–water partition coefficient (Wildman–Crippen LogP) is 3.28. The van der Waals surface area contributed by atoms with Crippen LogP contribution in [0.25, 0.3) is 10.9 Å². The number of ketones is 1. The van der Waals surface area contributed by atoms with Crippen molar-refractivity contribution in [2.45, 2.75) is 33.6 Å². The summed E-state index contributed by atoms with van der Waals surface area (Å²) in [6, 6.07) is 5.95. The lowest BCUT2D eigenvalue weighted by atomic mass is 9.75.